The molecule has 0 saturated carbocycles. The van der Waals surface area contributed by atoms with Gasteiger partial charge in [0.2, 0.25) is 11.8 Å². The SMILES string of the molecule is Cc1cnc(CN2C[C@]3(CCCN(C(=O)CC(C)C)C3)CCC2=O)cn1. The number of carbonyl (C=O) groups is 2. The van der Waals surface area contributed by atoms with Crippen LogP contribution in [0, 0.1) is 18.3 Å². The van der Waals surface area contributed by atoms with Crippen molar-refractivity contribution in [2.45, 2.75) is 59.4 Å². The number of aryl methyl sites for hydroxylation is 1. The van der Waals surface area contributed by atoms with Gasteiger partial charge in [0, 0.05) is 44.1 Å². The molecule has 3 heterocycles. The molecule has 0 radical (unpaired) electrons. The van der Waals surface area contributed by atoms with Crippen molar-refractivity contribution in [2.24, 2.45) is 11.3 Å². The predicted molar refractivity (Wildman–Crippen MR) is 99.1 cm³/mol. The lowest BCUT2D eigenvalue weighted by Gasteiger charge is -2.48. The van der Waals surface area contributed by atoms with Crippen molar-refractivity contribution in [2.75, 3.05) is 19.6 Å². The van der Waals surface area contributed by atoms with Gasteiger partial charge in [-0.1, -0.05) is 13.8 Å². The second-order valence-electron chi connectivity index (χ2n) is 8.42. The van der Waals surface area contributed by atoms with E-state index in [0.29, 0.717) is 31.8 Å². The van der Waals surface area contributed by atoms with Crippen molar-refractivity contribution >= 4 is 11.8 Å². The van der Waals surface area contributed by atoms with E-state index in [1.165, 1.54) is 0 Å². The molecular weight excluding hydrogens is 328 g/mol. The number of amides is 2. The lowest BCUT2D eigenvalue weighted by Crippen LogP contribution is -2.55. The van der Waals surface area contributed by atoms with Gasteiger partial charge in [-0.3, -0.25) is 19.6 Å². The number of rotatable bonds is 4. The zero-order chi connectivity index (χ0) is 18.7. The summed E-state index contributed by atoms with van der Waals surface area (Å²) in [6.45, 7) is 8.93. The van der Waals surface area contributed by atoms with Crippen LogP contribution in [0.1, 0.15) is 57.3 Å². The first kappa shape index (κ1) is 18.8. The smallest absolute Gasteiger partial charge is 0.222 e. The van der Waals surface area contributed by atoms with Crippen LogP contribution >= 0.6 is 0 Å². The van der Waals surface area contributed by atoms with Gasteiger partial charge < -0.3 is 9.80 Å². The molecule has 2 aliphatic rings. The molecule has 2 fully saturated rings. The summed E-state index contributed by atoms with van der Waals surface area (Å²) in [6, 6.07) is 0. The Balaban J connectivity index is 1.68. The fourth-order valence-corrected chi connectivity index (χ4v) is 4.18. The molecule has 2 saturated heterocycles. The van der Waals surface area contributed by atoms with Gasteiger partial charge in [-0.2, -0.15) is 0 Å². The van der Waals surface area contributed by atoms with Gasteiger partial charge >= 0.3 is 0 Å². The van der Waals surface area contributed by atoms with Crippen molar-refractivity contribution < 1.29 is 9.59 Å². The molecule has 1 aromatic rings. The summed E-state index contributed by atoms with van der Waals surface area (Å²) in [7, 11) is 0. The molecule has 2 aliphatic heterocycles. The minimum Gasteiger partial charge on any atom is -0.342 e. The number of piperidine rings is 2. The molecule has 3 rings (SSSR count). The maximum atomic E-state index is 12.5. The lowest BCUT2D eigenvalue weighted by molar-refractivity contribution is -0.144. The molecule has 142 valence electrons. The normalized spacial score (nSPS) is 23.8. The lowest BCUT2D eigenvalue weighted by atomic mass is 9.73. The zero-order valence-electron chi connectivity index (χ0n) is 16.2. The molecule has 1 aromatic heterocycles. The molecule has 26 heavy (non-hydrogen) atoms. The van der Waals surface area contributed by atoms with Crippen LogP contribution < -0.4 is 0 Å². The Labute approximate surface area is 156 Å². The van der Waals surface area contributed by atoms with Crippen LogP contribution in [0.4, 0.5) is 0 Å². The second kappa shape index (κ2) is 7.72. The molecule has 0 aromatic carbocycles. The minimum absolute atomic E-state index is 0.0386. The highest BCUT2D eigenvalue weighted by molar-refractivity contribution is 5.78. The Hall–Kier alpha value is -1.98. The highest BCUT2D eigenvalue weighted by Crippen LogP contribution is 2.39. The van der Waals surface area contributed by atoms with Crippen LogP contribution in [0.5, 0.6) is 0 Å². The Morgan fingerprint density at radius 2 is 2.04 bits per heavy atom. The zero-order valence-corrected chi connectivity index (χ0v) is 16.2. The van der Waals surface area contributed by atoms with E-state index in [9.17, 15) is 9.59 Å². The van der Waals surface area contributed by atoms with Gasteiger partial charge in [0.1, 0.15) is 0 Å². The molecule has 1 atom stereocenters. The van der Waals surface area contributed by atoms with Gasteiger partial charge in [-0.15, -0.1) is 0 Å². The third kappa shape index (κ3) is 4.40. The molecule has 0 N–H and O–H groups in total. The van der Waals surface area contributed by atoms with E-state index in [1.54, 1.807) is 12.4 Å². The summed E-state index contributed by atoms with van der Waals surface area (Å²) >= 11 is 0. The monoisotopic (exact) mass is 358 g/mol. The molecule has 2 amide bonds. The topological polar surface area (TPSA) is 66.4 Å². The summed E-state index contributed by atoms with van der Waals surface area (Å²) in [5.74, 6) is 0.820. The summed E-state index contributed by atoms with van der Waals surface area (Å²) in [4.78, 5) is 37.6. The Morgan fingerprint density at radius 1 is 1.23 bits per heavy atom. The Morgan fingerprint density at radius 3 is 2.73 bits per heavy atom. The van der Waals surface area contributed by atoms with E-state index >= 15 is 0 Å². The van der Waals surface area contributed by atoms with Crippen LogP contribution in [0.15, 0.2) is 12.4 Å². The van der Waals surface area contributed by atoms with E-state index in [1.807, 2.05) is 16.7 Å². The van der Waals surface area contributed by atoms with Crippen molar-refractivity contribution in [3.8, 4) is 0 Å². The van der Waals surface area contributed by atoms with Crippen molar-refractivity contribution in [3.63, 3.8) is 0 Å². The van der Waals surface area contributed by atoms with E-state index in [-0.39, 0.29) is 17.2 Å². The minimum atomic E-state index is 0.0386. The predicted octanol–water partition coefficient (Wildman–Crippen LogP) is 2.56. The summed E-state index contributed by atoms with van der Waals surface area (Å²) in [5, 5.41) is 0. The van der Waals surface area contributed by atoms with Crippen LogP contribution in [-0.4, -0.2) is 51.2 Å². The molecular formula is C20H30N4O2. The summed E-state index contributed by atoms with van der Waals surface area (Å²) in [6.07, 6.45) is 7.66. The van der Waals surface area contributed by atoms with Crippen LogP contribution in [-0.2, 0) is 16.1 Å². The van der Waals surface area contributed by atoms with Crippen molar-refractivity contribution in [3.05, 3.63) is 23.8 Å². The number of aromatic nitrogens is 2. The van der Waals surface area contributed by atoms with Gasteiger partial charge in [0.25, 0.3) is 0 Å². The number of hydrogen-bond donors (Lipinski definition) is 0. The number of carbonyl (C=O) groups excluding carboxylic acids is 2. The van der Waals surface area contributed by atoms with Crippen molar-refractivity contribution in [1.82, 2.24) is 19.8 Å². The molecule has 0 bridgehead atoms. The molecule has 6 heteroatoms. The first-order valence-electron chi connectivity index (χ1n) is 9.70. The number of nitrogens with zero attached hydrogens (tertiary/aromatic N) is 4. The highest BCUT2D eigenvalue weighted by Gasteiger charge is 2.42. The van der Waals surface area contributed by atoms with Gasteiger partial charge in [0.05, 0.1) is 24.1 Å². The summed E-state index contributed by atoms with van der Waals surface area (Å²) in [5.41, 5.74) is 1.74. The van der Waals surface area contributed by atoms with Crippen LogP contribution in [0.3, 0.4) is 0 Å². The van der Waals surface area contributed by atoms with Crippen LogP contribution in [0.2, 0.25) is 0 Å². The van der Waals surface area contributed by atoms with E-state index in [4.69, 9.17) is 0 Å². The quantitative estimate of drug-likeness (QED) is 0.830. The third-order valence-corrected chi connectivity index (χ3v) is 5.53. The molecule has 0 unspecified atom stereocenters. The van der Waals surface area contributed by atoms with Gasteiger partial charge in [-0.25, -0.2) is 0 Å². The molecule has 6 nitrogen and oxygen atoms in total. The number of likely N-dealkylation sites (tertiary alicyclic amines) is 2. The Kier molecular flexibility index (Phi) is 5.58. The van der Waals surface area contributed by atoms with Crippen molar-refractivity contribution in [1.29, 1.82) is 0 Å². The number of hydrogen-bond acceptors (Lipinski definition) is 4. The van der Waals surface area contributed by atoms with E-state index in [2.05, 4.69) is 23.8 Å². The third-order valence-electron chi connectivity index (χ3n) is 5.53. The van der Waals surface area contributed by atoms with E-state index < -0.39 is 0 Å². The molecule has 0 aliphatic carbocycles. The first-order chi connectivity index (χ1) is 12.4. The standard InChI is InChI=1S/C20H30N4O2/c1-15(2)9-19(26)23-8-4-6-20(13-23)7-5-18(25)24(14-20)12-17-11-21-16(3)10-22-17/h10-11,15H,4-9,12-14H2,1-3H3/t20-/m1/s1. The van der Waals surface area contributed by atoms with E-state index in [0.717, 1.165) is 43.7 Å². The summed E-state index contributed by atoms with van der Waals surface area (Å²) < 4.78 is 0. The maximum absolute atomic E-state index is 12.5. The second-order valence-corrected chi connectivity index (χ2v) is 8.42. The van der Waals surface area contributed by atoms with Crippen LogP contribution in [0.25, 0.3) is 0 Å². The largest absolute Gasteiger partial charge is 0.342 e. The maximum Gasteiger partial charge on any atom is 0.222 e. The average Bonchev–Trinajstić information content (AvgIpc) is 2.60. The van der Waals surface area contributed by atoms with Gasteiger partial charge in [-0.05, 0) is 32.1 Å². The first-order valence-corrected chi connectivity index (χ1v) is 9.70. The van der Waals surface area contributed by atoms with Gasteiger partial charge in [0.15, 0.2) is 0 Å². The highest BCUT2D eigenvalue weighted by atomic mass is 16.2. The molecule has 1 spiro atoms. The Bertz CT molecular complexity index is 658. The fraction of sp³-hybridized carbons (Fsp3) is 0.700. The fourth-order valence-electron chi connectivity index (χ4n) is 4.18. The average molecular weight is 358 g/mol.